The zero-order chi connectivity index (χ0) is 20.4. The molecule has 7 nitrogen and oxygen atoms in total. The highest BCUT2D eigenvalue weighted by molar-refractivity contribution is 6.30. The van der Waals surface area contributed by atoms with E-state index in [-0.39, 0.29) is 11.6 Å². The Balaban J connectivity index is 1.57. The smallest absolute Gasteiger partial charge is 0.269 e. The van der Waals surface area contributed by atoms with Crippen LogP contribution in [0, 0.1) is 6.92 Å². The van der Waals surface area contributed by atoms with Gasteiger partial charge in [0.15, 0.2) is 0 Å². The lowest BCUT2D eigenvalue weighted by atomic mass is 10.2. The van der Waals surface area contributed by atoms with Crippen LogP contribution in [0.25, 0.3) is 11.0 Å². The van der Waals surface area contributed by atoms with Crippen molar-refractivity contribution >= 4 is 34.2 Å². The van der Waals surface area contributed by atoms with Crippen molar-refractivity contribution in [3.8, 4) is 11.5 Å². The van der Waals surface area contributed by atoms with Gasteiger partial charge in [-0.3, -0.25) is 15.2 Å². The molecule has 0 spiro atoms. The summed E-state index contributed by atoms with van der Waals surface area (Å²) in [4.78, 5) is 20.2. The maximum atomic E-state index is 11.7. The molecule has 146 valence electrons. The van der Waals surface area contributed by atoms with Gasteiger partial charge in [0.25, 0.3) is 5.91 Å². The van der Waals surface area contributed by atoms with E-state index < -0.39 is 0 Å². The van der Waals surface area contributed by atoms with E-state index in [1.807, 2.05) is 48.0 Å². The molecule has 0 saturated heterocycles. The number of amides is 1. The molecule has 0 fully saturated rings. The number of carbonyl (C=O) groups is 1. The summed E-state index contributed by atoms with van der Waals surface area (Å²) < 4.78 is 7.72. The summed E-state index contributed by atoms with van der Waals surface area (Å²) in [6, 6.07) is 14.5. The predicted octanol–water partition coefficient (Wildman–Crippen LogP) is 4.42. The molecule has 29 heavy (non-hydrogen) atoms. The highest BCUT2D eigenvalue weighted by atomic mass is 35.5. The molecule has 0 aliphatic carbocycles. The number of pyridine rings is 1. The number of benzene rings is 2. The third-order valence-corrected chi connectivity index (χ3v) is 4.61. The van der Waals surface area contributed by atoms with Crippen LogP contribution in [-0.4, -0.2) is 27.6 Å². The van der Waals surface area contributed by atoms with Crippen molar-refractivity contribution in [3.05, 3.63) is 77.3 Å². The number of rotatable bonds is 5. The first kappa shape index (κ1) is 18.8. The van der Waals surface area contributed by atoms with Gasteiger partial charge in [0.1, 0.15) is 23.5 Å². The Kier molecular flexibility index (Phi) is 5.05. The molecular formula is C21H18ClN5O2. The van der Waals surface area contributed by atoms with Crippen molar-refractivity contribution in [3.63, 3.8) is 0 Å². The second-order valence-electron chi connectivity index (χ2n) is 6.39. The second kappa shape index (κ2) is 7.81. The second-order valence-corrected chi connectivity index (χ2v) is 6.83. The lowest BCUT2D eigenvalue weighted by Crippen LogP contribution is -2.18. The molecule has 0 atom stereocenters. The fourth-order valence-electron chi connectivity index (χ4n) is 2.89. The van der Waals surface area contributed by atoms with E-state index >= 15 is 0 Å². The summed E-state index contributed by atoms with van der Waals surface area (Å²) in [5, 5.41) is 3.24. The van der Waals surface area contributed by atoms with Crippen LogP contribution in [0.2, 0.25) is 5.02 Å². The van der Waals surface area contributed by atoms with E-state index in [1.54, 1.807) is 25.5 Å². The Bertz CT molecular complexity index is 1200. The van der Waals surface area contributed by atoms with Gasteiger partial charge in [-0.05, 0) is 48.9 Å². The van der Waals surface area contributed by atoms with E-state index in [2.05, 4.69) is 20.7 Å². The van der Waals surface area contributed by atoms with Gasteiger partial charge in [0.2, 0.25) is 0 Å². The number of hydrogen-bond acceptors (Lipinski definition) is 5. The van der Waals surface area contributed by atoms with E-state index in [1.165, 1.54) is 6.20 Å². The van der Waals surface area contributed by atoms with Crippen LogP contribution in [0.5, 0.6) is 11.5 Å². The van der Waals surface area contributed by atoms with Gasteiger partial charge in [-0.1, -0.05) is 11.6 Å². The number of imidazole rings is 1. The molecule has 2 aromatic heterocycles. The summed E-state index contributed by atoms with van der Waals surface area (Å²) in [5.74, 6) is 0.861. The standard InChI is InChI=1S/C21H18ClN5O2/c1-13-9-14(22)3-5-17(13)26-27-12-25-18-10-15(4-6-20(18)27)29-16-7-8-24-19(11-16)21(28)23-2/h3-12,26H,1-2H3,(H,23,28). The Morgan fingerprint density at radius 2 is 1.90 bits per heavy atom. The lowest BCUT2D eigenvalue weighted by molar-refractivity contribution is 0.0958. The average Bonchev–Trinajstić information content (AvgIpc) is 3.11. The van der Waals surface area contributed by atoms with E-state index in [9.17, 15) is 4.79 Å². The zero-order valence-corrected chi connectivity index (χ0v) is 16.6. The molecule has 2 aromatic carbocycles. The number of nitrogens with zero attached hydrogens (tertiary/aromatic N) is 3. The minimum absolute atomic E-state index is 0.270. The van der Waals surface area contributed by atoms with Gasteiger partial charge in [0, 0.05) is 30.4 Å². The normalized spacial score (nSPS) is 10.7. The summed E-state index contributed by atoms with van der Waals surface area (Å²) in [7, 11) is 1.56. The van der Waals surface area contributed by atoms with Crippen molar-refractivity contribution in [2.75, 3.05) is 12.5 Å². The molecule has 2 N–H and O–H groups in total. The van der Waals surface area contributed by atoms with Gasteiger partial charge in [-0.2, -0.15) is 0 Å². The number of fused-ring (bicyclic) bond motifs is 1. The van der Waals surface area contributed by atoms with Crippen molar-refractivity contribution in [2.45, 2.75) is 6.92 Å². The Morgan fingerprint density at radius 3 is 2.69 bits per heavy atom. The van der Waals surface area contributed by atoms with E-state index in [0.717, 1.165) is 22.3 Å². The number of hydrogen-bond donors (Lipinski definition) is 2. The third-order valence-electron chi connectivity index (χ3n) is 4.37. The van der Waals surface area contributed by atoms with Crippen molar-refractivity contribution in [1.29, 1.82) is 0 Å². The van der Waals surface area contributed by atoms with E-state index in [4.69, 9.17) is 16.3 Å². The third kappa shape index (κ3) is 4.00. The van der Waals surface area contributed by atoms with Gasteiger partial charge in [0.05, 0.1) is 16.7 Å². The molecule has 0 radical (unpaired) electrons. The van der Waals surface area contributed by atoms with Gasteiger partial charge >= 0.3 is 0 Å². The zero-order valence-electron chi connectivity index (χ0n) is 15.8. The van der Waals surface area contributed by atoms with E-state index in [0.29, 0.717) is 16.5 Å². The molecular weight excluding hydrogens is 390 g/mol. The number of aryl methyl sites for hydroxylation is 1. The van der Waals surface area contributed by atoms with Crippen LogP contribution in [0.4, 0.5) is 5.69 Å². The summed E-state index contributed by atoms with van der Waals surface area (Å²) in [5.41, 5.74) is 7.24. The van der Waals surface area contributed by atoms with Crippen molar-refractivity contribution in [2.24, 2.45) is 0 Å². The number of ether oxygens (including phenoxy) is 1. The van der Waals surface area contributed by atoms with Crippen LogP contribution in [0.15, 0.2) is 61.1 Å². The number of nitrogens with one attached hydrogen (secondary N) is 2. The Labute approximate surface area is 172 Å². The minimum Gasteiger partial charge on any atom is -0.457 e. The molecule has 0 aliphatic rings. The highest BCUT2D eigenvalue weighted by Gasteiger charge is 2.09. The average molecular weight is 408 g/mol. The van der Waals surface area contributed by atoms with Crippen LogP contribution in [0.3, 0.4) is 0 Å². The Hall–Kier alpha value is -3.58. The monoisotopic (exact) mass is 407 g/mol. The molecule has 8 heteroatoms. The minimum atomic E-state index is -0.270. The highest BCUT2D eigenvalue weighted by Crippen LogP contribution is 2.26. The molecule has 4 rings (SSSR count). The predicted molar refractivity (Wildman–Crippen MR) is 113 cm³/mol. The largest absolute Gasteiger partial charge is 0.457 e. The lowest BCUT2D eigenvalue weighted by Gasteiger charge is -2.12. The van der Waals surface area contributed by atoms with Crippen molar-refractivity contribution in [1.82, 2.24) is 20.0 Å². The molecule has 0 unspecified atom stereocenters. The molecule has 4 aromatic rings. The van der Waals surface area contributed by atoms with Crippen LogP contribution >= 0.6 is 11.6 Å². The topological polar surface area (TPSA) is 81.1 Å². The molecule has 0 aliphatic heterocycles. The SMILES string of the molecule is CNC(=O)c1cc(Oc2ccc3c(c2)ncn3Nc2ccc(Cl)cc2C)ccn1. The number of halogens is 1. The van der Waals surface area contributed by atoms with Gasteiger partial charge < -0.3 is 10.1 Å². The quantitative estimate of drug-likeness (QED) is 0.511. The summed E-state index contributed by atoms with van der Waals surface area (Å²) >= 11 is 6.03. The first-order chi connectivity index (χ1) is 14.0. The number of carbonyl (C=O) groups excluding carboxylic acids is 1. The first-order valence-corrected chi connectivity index (χ1v) is 9.27. The van der Waals surface area contributed by atoms with Crippen LogP contribution < -0.4 is 15.5 Å². The van der Waals surface area contributed by atoms with Crippen LogP contribution in [0.1, 0.15) is 16.1 Å². The Morgan fingerprint density at radius 1 is 1.07 bits per heavy atom. The molecule has 2 heterocycles. The first-order valence-electron chi connectivity index (χ1n) is 8.90. The summed E-state index contributed by atoms with van der Waals surface area (Å²) in [6.45, 7) is 1.99. The van der Waals surface area contributed by atoms with Crippen molar-refractivity contribution < 1.29 is 9.53 Å². The number of anilines is 1. The fraction of sp³-hybridized carbons (Fsp3) is 0.0952. The molecule has 1 amide bonds. The number of aromatic nitrogens is 3. The molecule has 0 bridgehead atoms. The van der Waals surface area contributed by atoms with Gasteiger partial charge in [-0.25, -0.2) is 9.66 Å². The maximum absolute atomic E-state index is 11.7. The molecule has 0 saturated carbocycles. The maximum Gasteiger partial charge on any atom is 0.269 e. The summed E-state index contributed by atoms with van der Waals surface area (Å²) in [6.07, 6.45) is 3.24. The van der Waals surface area contributed by atoms with Gasteiger partial charge in [-0.15, -0.1) is 0 Å². The fourth-order valence-corrected chi connectivity index (χ4v) is 3.12. The van der Waals surface area contributed by atoms with Crippen LogP contribution in [-0.2, 0) is 0 Å².